The Kier molecular flexibility index (Phi) is 5.16. The Morgan fingerprint density at radius 1 is 0.857 bits per heavy atom. The number of hydrogen-bond donors (Lipinski definition) is 5. The van der Waals surface area contributed by atoms with Crippen LogP contribution >= 0.6 is 0 Å². The van der Waals surface area contributed by atoms with Crippen LogP contribution in [0.15, 0.2) is 51.7 Å². The van der Waals surface area contributed by atoms with Gasteiger partial charge in [0.2, 0.25) is 0 Å². The molecule has 0 saturated heterocycles. The van der Waals surface area contributed by atoms with E-state index < -0.39 is 23.0 Å². The van der Waals surface area contributed by atoms with Gasteiger partial charge in [0, 0.05) is 24.7 Å². The van der Waals surface area contributed by atoms with Crippen LogP contribution in [-0.2, 0) is 0 Å². The lowest BCUT2D eigenvalue weighted by Gasteiger charge is -2.08. The monoisotopic (exact) mass is 384 g/mol. The number of carbonyl (C=O) groups is 2. The first-order valence-corrected chi connectivity index (χ1v) is 8.21. The van der Waals surface area contributed by atoms with E-state index in [4.69, 9.17) is 4.42 Å². The number of carbonyl (C=O) groups excluding carboxylic acids is 2. The fourth-order valence-electron chi connectivity index (χ4n) is 2.51. The summed E-state index contributed by atoms with van der Waals surface area (Å²) in [5.41, 5.74) is -0.329. The topological polar surface area (TPSA) is 149 Å². The lowest BCUT2D eigenvalue weighted by Crippen LogP contribution is -2.34. The second-order valence-corrected chi connectivity index (χ2v) is 5.84. The molecule has 2 amide bonds. The molecule has 5 N–H and O–H groups in total. The van der Waals surface area contributed by atoms with Crippen LogP contribution in [-0.4, -0.2) is 40.2 Å². The molecule has 0 atom stereocenters. The van der Waals surface area contributed by atoms with Crippen molar-refractivity contribution in [1.29, 1.82) is 0 Å². The van der Waals surface area contributed by atoms with Crippen molar-refractivity contribution in [2.75, 3.05) is 13.1 Å². The number of benzene rings is 2. The quantitative estimate of drug-likeness (QED) is 0.326. The SMILES string of the molecule is O=C(NCCNC(=O)c1cc(=O)c2c(O)cccc2o1)c1ccc(O)c(O)c1. The fraction of sp³-hybridized carbons (Fsp3) is 0.105. The Morgan fingerprint density at radius 3 is 2.29 bits per heavy atom. The second-order valence-electron chi connectivity index (χ2n) is 5.84. The van der Waals surface area contributed by atoms with Crippen LogP contribution in [0.1, 0.15) is 20.9 Å². The highest BCUT2D eigenvalue weighted by atomic mass is 16.3. The molecule has 28 heavy (non-hydrogen) atoms. The molecule has 0 aliphatic heterocycles. The summed E-state index contributed by atoms with van der Waals surface area (Å²) >= 11 is 0. The molecule has 1 aromatic heterocycles. The summed E-state index contributed by atoms with van der Waals surface area (Å²) in [6.45, 7) is 0.126. The van der Waals surface area contributed by atoms with Gasteiger partial charge in [-0.15, -0.1) is 0 Å². The van der Waals surface area contributed by atoms with Crippen LogP contribution in [0.25, 0.3) is 11.0 Å². The van der Waals surface area contributed by atoms with Crippen LogP contribution in [0, 0.1) is 0 Å². The number of phenols is 3. The van der Waals surface area contributed by atoms with Gasteiger partial charge in [-0.25, -0.2) is 0 Å². The van der Waals surface area contributed by atoms with E-state index in [1.807, 2.05) is 0 Å². The third-order valence-electron chi connectivity index (χ3n) is 3.89. The number of nitrogens with one attached hydrogen (secondary N) is 2. The number of amides is 2. The van der Waals surface area contributed by atoms with Gasteiger partial charge in [-0.05, 0) is 30.3 Å². The normalized spacial score (nSPS) is 10.6. The minimum atomic E-state index is -0.654. The zero-order chi connectivity index (χ0) is 20.3. The van der Waals surface area contributed by atoms with Crippen molar-refractivity contribution in [1.82, 2.24) is 10.6 Å². The number of phenolic OH excluding ortho intramolecular Hbond substituents is 3. The molecular weight excluding hydrogens is 368 g/mol. The van der Waals surface area contributed by atoms with E-state index in [0.29, 0.717) is 0 Å². The third-order valence-corrected chi connectivity index (χ3v) is 3.89. The summed E-state index contributed by atoms with van der Waals surface area (Å²) in [7, 11) is 0. The molecule has 3 aromatic rings. The first kappa shape index (κ1) is 18.8. The second kappa shape index (κ2) is 7.70. The summed E-state index contributed by atoms with van der Waals surface area (Å²) in [6, 6.07) is 8.90. The van der Waals surface area contributed by atoms with Crippen molar-refractivity contribution in [3.63, 3.8) is 0 Å². The standard InChI is InChI=1S/C19H16N2O7/c22-11-5-4-10(8-13(11)24)18(26)20-6-7-21-19(27)16-9-14(25)17-12(23)2-1-3-15(17)28-16/h1-5,8-9,22-24H,6-7H2,(H,20,26)(H,21,27). The highest BCUT2D eigenvalue weighted by Gasteiger charge is 2.14. The minimum Gasteiger partial charge on any atom is -0.507 e. The Balaban J connectivity index is 1.59. The maximum Gasteiger partial charge on any atom is 0.287 e. The summed E-state index contributed by atoms with van der Waals surface area (Å²) in [5.74, 6) is -2.37. The summed E-state index contributed by atoms with van der Waals surface area (Å²) in [5, 5.41) is 33.3. The fourth-order valence-corrected chi connectivity index (χ4v) is 2.51. The molecule has 0 unspecified atom stereocenters. The van der Waals surface area contributed by atoms with Crippen molar-refractivity contribution in [3.8, 4) is 17.2 Å². The summed E-state index contributed by atoms with van der Waals surface area (Å²) in [4.78, 5) is 36.1. The predicted octanol–water partition coefficient (Wildman–Crippen LogP) is 1.07. The van der Waals surface area contributed by atoms with Gasteiger partial charge in [0.25, 0.3) is 11.8 Å². The van der Waals surface area contributed by atoms with Gasteiger partial charge in [-0.1, -0.05) is 6.07 Å². The number of hydrogen-bond acceptors (Lipinski definition) is 7. The maximum absolute atomic E-state index is 12.1. The van der Waals surface area contributed by atoms with E-state index in [1.165, 1.54) is 30.3 Å². The van der Waals surface area contributed by atoms with Gasteiger partial charge in [-0.2, -0.15) is 0 Å². The zero-order valence-electron chi connectivity index (χ0n) is 14.4. The molecule has 3 rings (SSSR count). The van der Waals surface area contributed by atoms with Gasteiger partial charge in [0.1, 0.15) is 16.7 Å². The molecule has 0 aliphatic carbocycles. The molecule has 0 spiro atoms. The number of aromatic hydroxyl groups is 3. The molecule has 0 aliphatic rings. The maximum atomic E-state index is 12.1. The highest BCUT2D eigenvalue weighted by Crippen LogP contribution is 2.24. The predicted molar refractivity (Wildman–Crippen MR) is 98.6 cm³/mol. The van der Waals surface area contributed by atoms with Crippen LogP contribution < -0.4 is 16.1 Å². The smallest absolute Gasteiger partial charge is 0.287 e. The van der Waals surface area contributed by atoms with Gasteiger partial charge in [0.15, 0.2) is 22.7 Å². The van der Waals surface area contributed by atoms with Crippen LogP contribution in [0.3, 0.4) is 0 Å². The summed E-state index contributed by atoms with van der Waals surface area (Å²) < 4.78 is 5.35. The van der Waals surface area contributed by atoms with Crippen LogP contribution in [0.2, 0.25) is 0 Å². The highest BCUT2D eigenvalue weighted by molar-refractivity contribution is 5.95. The molecule has 9 heteroatoms. The van der Waals surface area contributed by atoms with E-state index in [1.54, 1.807) is 0 Å². The van der Waals surface area contributed by atoms with Gasteiger partial charge in [0.05, 0.1) is 0 Å². The van der Waals surface area contributed by atoms with Crippen molar-refractivity contribution < 1.29 is 29.3 Å². The summed E-state index contributed by atoms with van der Waals surface area (Å²) in [6.07, 6.45) is 0. The number of rotatable bonds is 5. The Bertz CT molecular complexity index is 1120. The van der Waals surface area contributed by atoms with Crippen LogP contribution in [0.5, 0.6) is 17.2 Å². The first-order valence-electron chi connectivity index (χ1n) is 8.21. The Morgan fingerprint density at radius 2 is 1.57 bits per heavy atom. The molecule has 9 nitrogen and oxygen atoms in total. The van der Waals surface area contributed by atoms with Gasteiger partial charge in [-0.3, -0.25) is 14.4 Å². The van der Waals surface area contributed by atoms with E-state index in [9.17, 15) is 29.7 Å². The van der Waals surface area contributed by atoms with E-state index in [0.717, 1.165) is 12.1 Å². The molecule has 2 aromatic carbocycles. The van der Waals surface area contributed by atoms with Crippen molar-refractivity contribution in [2.24, 2.45) is 0 Å². The number of fused-ring (bicyclic) bond motifs is 1. The average Bonchev–Trinajstić information content (AvgIpc) is 2.66. The van der Waals surface area contributed by atoms with E-state index in [-0.39, 0.29) is 46.9 Å². The van der Waals surface area contributed by atoms with Crippen molar-refractivity contribution >= 4 is 22.8 Å². The zero-order valence-corrected chi connectivity index (χ0v) is 14.4. The lowest BCUT2D eigenvalue weighted by molar-refractivity contribution is 0.0911. The first-order chi connectivity index (χ1) is 13.4. The van der Waals surface area contributed by atoms with E-state index >= 15 is 0 Å². The molecule has 0 fully saturated rings. The largest absolute Gasteiger partial charge is 0.507 e. The van der Waals surface area contributed by atoms with Crippen molar-refractivity contribution in [3.05, 3.63) is 64.0 Å². The van der Waals surface area contributed by atoms with E-state index in [2.05, 4.69) is 10.6 Å². The molecule has 1 heterocycles. The minimum absolute atomic E-state index is 0.0107. The lowest BCUT2D eigenvalue weighted by atomic mass is 10.2. The molecule has 0 bridgehead atoms. The van der Waals surface area contributed by atoms with Crippen LogP contribution in [0.4, 0.5) is 0 Å². The average molecular weight is 384 g/mol. The molecule has 0 radical (unpaired) electrons. The van der Waals surface area contributed by atoms with Gasteiger partial charge >= 0.3 is 0 Å². The molecule has 0 saturated carbocycles. The Labute approximate surface area is 157 Å². The molecular formula is C19H16N2O7. The third kappa shape index (κ3) is 3.88. The van der Waals surface area contributed by atoms with Crippen molar-refractivity contribution in [2.45, 2.75) is 0 Å². The Hall–Kier alpha value is -4.01. The van der Waals surface area contributed by atoms with Gasteiger partial charge < -0.3 is 30.4 Å². The molecule has 144 valence electrons.